The van der Waals surface area contributed by atoms with E-state index in [-0.39, 0.29) is 32.6 Å². The Bertz CT molecular complexity index is 1290. The summed E-state index contributed by atoms with van der Waals surface area (Å²) in [7, 11) is 1.54. The molecule has 0 saturated heterocycles. The highest BCUT2D eigenvalue weighted by Crippen LogP contribution is 2.28. The molecule has 1 atom stereocenters. The molecule has 0 aliphatic heterocycles. The fraction of sp³-hybridized carbons (Fsp3) is 0.150. The van der Waals surface area contributed by atoms with Crippen molar-refractivity contribution in [1.29, 1.82) is 0 Å². The van der Waals surface area contributed by atoms with Crippen molar-refractivity contribution in [2.45, 2.75) is 10.9 Å². The molecule has 1 unspecified atom stereocenters. The molecule has 0 aliphatic rings. The third-order valence-corrected chi connectivity index (χ3v) is 6.72. The van der Waals surface area contributed by atoms with Crippen molar-refractivity contribution in [3.05, 3.63) is 70.0 Å². The minimum Gasteiger partial charge on any atom is -0.610 e. The Morgan fingerprint density at radius 2 is 1.90 bits per heavy atom. The van der Waals surface area contributed by atoms with Crippen molar-refractivity contribution >= 4 is 32.9 Å². The maximum Gasteiger partial charge on any atom is 0.304 e. The molecule has 30 heavy (non-hydrogen) atoms. The lowest BCUT2D eigenvalue weighted by atomic mass is 10.1. The monoisotopic (exact) mass is 447 g/mol. The van der Waals surface area contributed by atoms with Crippen molar-refractivity contribution in [2.24, 2.45) is 0 Å². The molecule has 10 heteroatoms. The fourth-order valence-electron chi connectivity index (χ4n) is 2.95. The first-order chi connectivity index (χ1) is 14.4. The molecule has 6 nitrogen and oxygen atoms in total. The van der Waals surface area contributed by atoms with E-state index in [1.165, 1.54) is 23.0 Å². The topological polar surface area (TPSA) is 80.1 Å². The number of nitrogens with zero attached hydrogens (tertiary/aromatic N) is 3. The van der Waals surface area contributed by atoms with Gasteiger partial charge in [0, 0.05) is 11.2 Å². The standard InChI is InChI=1S/C20H15F2N3O3S2/c1-28-12-8-6-11(7-9-12)10-25-17(13-4-3-5-14(21)15(13)22)24-18-16(19(25)26)23-20(29-18)30(2)27/h3-9H,10H2,1-2H3. The first-order valence-electron chi connectivity index (χ1n) is 8.71. The smallest absolute Gasteiger partial charge is 0.304 e. The van der Waals surface area contributed by atoms with Gasteiger partial charge in [0.15, 0.2) is 22.0 Å². The van der Waals surface area contributed by atoms with Crippen molar-refractivity contribution in [3.8, 4) is 17.1 Å². The van der Waals surface area contributed by atoms with E-state index in [0.717, 1.165) is 23.0 Å². The minimum absolute atomic E-state index is 0.0302. The second-order valence-corrected chi connectivity index (χ2v) is 8.89. The Hall–Kier alpha value is -2.82. The molecule has 154 valence electrons. The van der Waals surface area contributed by atoms with Crippen LogP contribution in [0, 0.1) is 11.6 Å². The van der Waals surface area contributed by atoms with Gasteiger partial charge in [-0.05, 0) is 41.2 Å². The van der Waals surface area contributed by atoms with E-state index in [2.05, 4.69) is 9.97 Å². The molecule has 0 aliphatic carbocycles. The molecule has 0 spiro atoms. The van der Waals surface area contributed by atoms with Crippen LogP contribution in [0.25, 0.3) is 21.7 Å². The average Bonchev–Trinajstić information content (AvgIpc) is 3.17. The summed E-state index contributed by atoms with van der Waals surface area (Å²) in [6, 6.07) is 10.7. The van der Waals surface area contributed by atoms with Gasteiger partial charge in [-0.2, -0.15) is 4.98 Å². The van der Waals surface area contributed by atoms with E-state index in [1.54, 1.807) is 31.4 Å². The molecular formula is C20H15F2N3O3S2. The molecule has 0 fully saturated rings. The van der Waals surface area contributed by atoms with Gasteiger partial charge in [0.05, 0.1) is 19.2 Å². The van der Waals surface area contributed by atoms with Crippen LogP contribution in [-0.2, 0) is 17.7 Å². The Labute approximate surface area is 177 Å². The van der Waals surface area contributed by atoms with E-state index in [9.17, 15) is 18.1 Å². The lowest BCUT2D eigenvalue weighted by Crippen LogP contribution is -2.24. The zero-order valence-corrected chi connectivity index (χ0v) is 17.5. The third-order valence-electron chi connectivity index (χ3n) is 4.44. The first kappa shape index (κ1) is 20.5. The molecule has 2 aromatic carbocycles. The summed E-state index contributed by atoms with van der Waals surface area (Å²) in [5.41, 5.74) is 0.100. The highest BCUT2D eigenvalue weighted by atomic mass is 32.2. The summed E-state index contributed by atoms with van der Waals surface area (Å²) in [5.74, 6) is -1.53. The lowest BCUT2D eigenvalue weighted by Gasteiger charge is -2.13. The zero-order chi connectivity index (χ0) is 21.4. The molecule has 0 N–H and O–H groups in total. The largest absolute Gasteiger partial charge is 0.610 e. The number of benzene rings is 2. The second kappa shape index (κ2) is 8.13. The summed E-state index contributed by atoms with van der Waals surface area (Å²) >= 11 is -0.416. The van der Waals surface area contributed by atoms with E-state index < -0.39 is 28.4 Å². The van der Waals surface area contributed by atoms with Crippen LogP contribution in [0.15, 0.2) is 51.6 Å². The molecule has 0 amide bonds. The maximum absolute atomic E-state index is 14.6. The van der Waals surface area contributed by atoms with Crippen LogP contribution < -0.4 is 10.3 Å². The van der Waals surface area contributed by atoms with E-state index in [0.29, 0.717) is 5.75 Å². The number of hydrogen-bond donors (Lipinski definition) is 0. The summed E-state index contributed by atoms with van der Waals surface area (Å²) in [4.78, 5) is 22.0. The van der Waals surface area contributed by atoms with Crippen LogP contribution in [0.5, 0.6) is 5.75 Å². The summed E-state index contributed by atoms with van der Waals surface area (Å²) < 4.78 is 46.9. The Balaban J connectivity index is 1.95. The molecule has 0 bridgehead atoms. The van der Waals surface area contributed by atoms with Gasteiger partial charge in [0.2, 0.25) is 0 Å². The van der Waals surface area contributed by atoms with Crippen molar-refractivity contribution in [1.82, 2.24) is 14.5 Å². The van der Waals surface area contributed by atoms with Crippen LogP contribution in [0.2, 0.25) is 0 Å². The van der Waals surface area contributed by atoms with Gasteiger partial charge in [-0.25, -0.2) is 13.8 Å². The number of methoxy groups -OCH3 is 1. The minimum atomic E-state index is -1.41. The Kier molecular flexibility index (Phi) is 5.54. The lowest BCUT2D eigenvalue weighted by molar-refractivity contribution is 0.414. The molecule has 4 aromatic rings. The van der Waals surface area contributed by atoms with E-state index in [1.807, 2.05) is 0 Å². The van der Waals surface area contributed by atoms with Gasteiger partial charge in [0.1, 0.15) is 17.8 Å². The number of fused-ring (bicyclic) bond motifs is 1. The number of rotatable bonds is 5. The Morgan fingerprint density at radius 1 is 1.17 bits per heavy atom. The SMILES string of the molecule is COc1ccc(Cn2c(-c3cccc(F)c3F)nc3sc([S+](C)[O-])nc3c2=O)cc1. The van der Waals surface area contributed by atoms with Gasteiger partial charge >= 0.3 is 4.34 Å². The molecule has 2 aromatic heterocycles. The zero-order valence-electron chi connectivity index (χ0n) is 15.9. The van der Waals surface area contributed by atoms with Gasteiger partial charge in [0.25, 0.3) is 5.56 Å². The highest BCUT2D eigenvalue weighted by Gasteiger charge is 2.22. The molecular weight excluding hydrogens is 432 g/mol. The summed E-state index contributed by atoms with van der Waals surface area (Å²) in [6.45, 7) is 0.0547. The summed E-state index contributed by atoms with van der Waals surface area (Å²) in [5, 5.41) is 0. The number of aromatic nitrogens is 3. The van der Waals surface area contributed by atoms with Gasteiger partial charge in [-0.1, -0.05) is 18.2 Å². The third kappa shape index (κ3) is 3.69. The van der Waals surface area contributed by atoms with E-state index >= 15 is 0 Å². The second-order valence-electron chi connectivity index (χ2n) is 6.36. The quantitative estimate of drug-likeness (QED) is 0.437. The van der Waals surface area contributed by atoms with Crippen LogP contribution in [0.1, 0.15) is 5.56 Å². The van der Waals surface area contributed by atoms with Crippen LogP contribution in [0.4, 0.5) is 8.78 Å². The summed E-state index contributed by atoms with van der Waals surface area (Å²) in [6.07, 6.45) is 1.45. The normalized spacial score (nSPS) is 12.3. The predicted molar refractivity (Wildman–Crippen MR) is 111 cm³/mol. The first-order valence-corrected chi connectivity index (χ1v) is 11.1. The maximum atomic E-state index is 14.6. The molecule has 0 saturated carbocycles. The van der Waals surface area contributed by atoms with Gasteiger partial charge < -0.3 is 9.29 Å². The van der Waals surface area contributed by atoms with Crippen molar-refractivity contribution in [3.63, 3.8) is 0 Å². The predicted octanol–water partition coefficient (Wildman–Crippen LogP) is 3.59. The highest BCUT2D eigenvalue weighted by molar-refractivity contribution is 7.92. The van der Waals surface area contributed by atoms with Crippen LogP contribution >= 0.6 is 11.3 Å². The fourth-order valence-corrected chi connectivity index (χ4v) is 4.54. The van der Waals surface area contributed by atoms with Crippen LogP contribution in [-0.4, -0.2) is 32.5 Å². The van der Waals surface area contributed by atoms with E-state index in [4.69, 9.17) is 4.74 Å². The van der Waals surface area contributed by atoms with Gasteiger partial charge in [-0.15, -0.1) is 0 Å². The number of hydrogen-bond acceptors (Lipinski definition) is 6. The number of ether oxygens (including phenoxy) is 1. The van der Waals surface area contributed by atoms with Crippen molar-refractivity contribution < 1.29 is 18.1 Å². The average molecular weight is 447 g/mol. The molecule has 2 heterocycles. The number of thiazole rings is 1. The number of halogens is 2. The van der Waals surface area contributed by atoms with Crippen molar-refractivity contribution in [2.75, 3.05) is 13.4 Å². The van der Waals surface area contributed by atoms with Gasteiger partial charge in [-0.3, -0.25) is 9.36 Å². The Morgan fingerprint density at radius 3 is 2.57 bits per heavy atom. The van der Waals surface area contributed by atoms with Crippen LogP contribution in [0.3, 0.4) is 0 Å². The molecule has 0 radical (unpaired) electrons. The molecule has 4 rings (SSSR count).